The molecule has 0 spiro atoms. The van der Waals surface area contributed by atoms with Crippen molar-refractivity contribution < 1.29 is 9.84 Å². The number of aliphatic imine (C=N–C) groups is 1. The Morgan fingerprint density at radius 1 is 1.12 bits per heavy atom. The Morgan fingerprint density at radius 2 is 1.77 bits per heavy atom. The monoisotopic (exact) mass is 469 g/mol. The van der Waals surface area contributed by atoms with Crippen molar-refractivity contribution in [2.75, 3.05) is 20.7 Å². The van der Waals surface area contributed by atoms with Gasteiger partial charge in [0.05, 0.1) is 20.3 Å². The molecule has 0 bridgehead atoms. The van der Waals surface area contributed by atoms with Crippen LogP contribution in [0.4, 0.5) is 0 Å². The second-order valence-electron chi connectivity index (χ2n) is 5.80. The van der Waals surface area contributed by atoms with Crippen molar-refractivity contribution in [3.05, 3.63) is 65.2 Å². The molecule has 0 aliphatic carbocycles. The van der Waals surface area contributed by atoms with Gasteiger partial charge in [-0.3, -0.25) is 0 Å². The predicted molar refractivity (Wildman–Crippen MR) is 117 cm³/mol. The van der Waals surface area contributed by atoms with Crippen LogP contribution in [0.5, 0.6) is 5.75 Å². The molecule has 2 aromatic rings. The first kappa shape index (κ1) is 22.2. The Hall–Kier alpha value is -1.80. The molecule has 0 radical (unpaired) electrons. The summed E-state index contributed by atoms with van der Waals surface area (Å²) in [6.45, 7) is 4.17. The van der Waals surface area contributed by atoms with E-state index in [1.807, 2.05) is 43.4 Å². The van der Waals surface area contributed by atoms with Gasteiger partial charge in [-0.05, 0) is 35.7 Å². The van der Waals surface area contributed by atoms with Crippen LogP contribution in [0.2, 0.25) is 0 Å². The molecule has 0 amide bonds. The highest BCUT2D eigenvalue weighted by molar-refractivity contribution is 14.0. The number of guanidine groups is 1. The highest BCUT2D eigenvalue weighted by Gasteiger charge is 2.08. The van der Waals surface area contributed by atoms with E-state index < -0.39 is 0 Å². The molecule has 5 nitrogen and oxygen atoms in total. The first-order valence-corrected chi connectivity index (χ1v) is 8.48. The standard InChI is InChI=1S/C20H27N3O2.HI/c1-4-21-20(22-13-17-7-5-6-8-18(17)15-24)23(2)14-16-9-11-19(25-3)12-10-16;/h5-12,24H,4,13-15H2,1-3H3,(H,21,22);1H. The van der Waals surface area contributed by atoms with Gasteiger partial charge in [0.2, 0.25) is 0 Å². The van der Waals surface area contributed by atoms with Crippen molar-refractivity contribution in [3.8, 4) is 5.75 Å². The minimum absolute atomic E-state index is 0. The van der Waals surface area contributed by atoms with Crippen molar-refractivity contribution in [1.82, 2.24) is 10.2 Å². The molecule has 0 aromatic heterocycles. The average Bonchev–Trinajstić information content (AvgIpc) is 2.65. The number of nitrogens with zero attached hydrogens (tertiary/aromatic N) is 2. The van der Waals surface area contributed by atoms with E-state index in [1.165, 1.54) is 5.56 Å². The van der Waals surface area contributed by atoms with Gasteiger partial charge in [0.15, 0.2) is 5.96 Å². The van der Waals surface area contributed by atoms with Crippen molar-refractivity contribution >= 4 is 29.9 Å². The van der Waals surface area contributed by atoms with Crippen LogP contribution in [0.15, 0.2) is 53.5 Å². The molecule has 2 N–H and O–H groups in total. The third kappa shape index (κ3) is 6.49. The lowest BCUT2D eigenvalue weighted by Crippen LogP contribution is -2.38. The van der Waals surface area contributed by atoms with E-state index in [1.54, 1.807) is 7.11 Å². The fraction of sp³-hybridized carbons (Fsp3) is 0.350. The van der Waals surface area contributed by atoms with Crippen LogP contribution in [0.25, 0.3) is 0 Å². The minimum atomic E-state index is 0. The lowest BCUT2D eigenvalue weighted by Gasteiger charge is -2.22. The van der Waals surface area contributed by atoms with Crippen molar-refractivity contribution in [2.24, 2.45) is 4.99 Å². The molecule has 26 heavy (non-hydrogen) atoms. The van der Waals surface area contributed by atoms with Crippen molar-refractivity contribution in [2.45, 2.75) is 26.6 Å². The Morgan fingerprint density at radius 3 is 2.35 bits per heavy atom. The second kappa shape index (κ2) is 11.7. The number of rotatable bonds is 7. The van der Waals surface area contributed by atoms with Crippen molar-refractivity contribution in [1.29, 1.82) is 0 Å². The molecular weight excluding hydrogens is 441 g/mol. The number of methoxy groups -OCH3 is 1. The van der Waals surface area contributed by atoms with Gasteiger partial charge in [-0.2, -0.15) is 0 Å². The van der Waals surface area contributed by atoms with Crippen LogP contribution in [0.1, 0.15) is 23.6 Å². The molecule has 0 fully saturated rings. The first-order valence-electron chi connectivity index (χ1n) is 8.48. The Balaban J connectivity index is 0.00000338. The fourth-order valence-electron chi connectivity index (χ4n) is 2.58. The summed E-state index contributed by atoms with van der Waals surface area (Å²) in [6.07, 6.45) is 0. The smallest absolute Gasteiger partial charge is 0.194 e. The summed E-state index contributed by atoms with van der Waals surface area (Å²) in [6, 6.07) is 15.9. The van der Waals surface area contributed by atoms with Gasteiger partial charge in [-0.1, -0.05) is 36.4 Å². The normalized spacial score (nSPS) is 10.8. The van der Waals surface area contributed by atoms with E-state index in [0.717, 1.165) is 35.9 Å². The molecule has 2 rings (SSSR count). The van der Waals surface area contributed by atoms with E-state index in [0.29, 0.717) is 6.54 Å². The number of hydrogen-bond acceptors (Lipinski definition) is 3. The SMILES string of the molecule is CCNC(=NCc1ccccc1CO)N(C)Cc1ccc(OC)cc1.I. The Kier molecular flexibility index (Phi) is 10.0. The van der Waals surface area contributed by atoms with Gasteiger partial charge in [0.1, 0.15) is 5.75 Å². The van der Waals surface area contributed by atoms with Gasteiger partial charge in [-0.15, -0.1) is 24.0 Å². The van der Waals surface area contributed by atoms with E-state index >= 15 is 0 Å². The number of aliphatic hydroxyl groups excluding tert-OH is 1. The topological polar surface area (TPSA) is 57.1 Å². The lowest BCUT2D eigenvalue weighted by molar-refractivity contribution is 0.280. The van der Waals surface area contributed by atoms with Gasteiger partial charge in [0, 0.05) is 20.1 Å². The van der Waals surface area contributed by atoms with E-state index in [4.69, 9.17) is 9.73 Å². The maximum Gasteiger partial charge on any atom is 0.194 e. The summed E-state index contributed by atoms with van der Waals surface area (Å²) in [7, 11) is 3.69. The van der Waals surface area contributed by atoms with Gasteiger partial charge in [-0.25, -0.2) is 4.99 Å². The molecule has 6 heteroatoms. The molecule has 142 valence electrons. The zero-order valence-electron chi connectivity index (χ0n) is 15.6. The number of ether oxygens (including phenoxy) is 1. The zero-order chi connectivity index (χ0) is 18.1. The van der Waals surface area contributed by atoms with Crippen LogP contribution in [0, 0.1) is 0 Å². The Labute approximate surface area is 173 Å². The number of aliphatic hydroxyl groups is 1. The lowest BCUT2D eigenvalue weighted by atomic mass is 10.1. The molecule has 2 aromatic carbocycles. The van der Waals surface area contributed by atoms with Gasteiger partial charge >= 0.3 is 0 Å². The number of nitrogens with one attached hydrogen (secondary N) is 1. The molecule has 0 saturated carbocycles. The highest BCUT2D eigenvalue weighted by atomic mass is 127. The molecule has 0 atom stereocenters. The molecule has 0 unspecified atom stereocenters. The fourth-order valence-corrected chi connectivity index (χ4v) is 2.58. The third-order valence-electron chi connectivity index (χ3n) is 3.96. The van der Waals surface area contributed by atoms with Crippen LogP contribution < -0.4 is 10.1 Å². The van der Waals surface area contributed by atoms with Crippen molar-refractivity contribution in [3.63, 3.8) is 0 Å². The summed E-state index contributed by atoms with van der Waals surface area (Å²) < 4.78 is 5.20. The van der Waals surface area contributed by atoms with Crippen LogP contribution in [0.3, 0.4) is 0 Å². The molecule has 0 aliphatic rings. The van der Waals surface area contributed by atoms with Gasteiger partial charge in [0.25, 0.3) is 0 Å². The Bertz CT molecular complexity index is 690. The number of benzene rings is 2. The first-order chi connectivity index (χ1) is 12.2. The summed E-state index contributed by atoms with van der Waals surface area (Å²) >= 11 is 0. The van der Waals surface area contributed by atoms with Crippen LogP contribution in [-0.2, 0) is 19.7 Å². The minimum Gasteiger partial charge on any atom is -0.497 e. The van der Waals surface area contributed by atoms with E-state index in [9.17, 15) is 5.11 Å². The third-order valence-corrected chi connectivity index (χ3v) is 3.96. The summed E-state index contributed by atoms with van der Waals surface area (Å²) in [5.41, 5.74) is 3.14. The van der Waals surface area contributed by atoms with Crippen LogP contribution >= 0.6 is 24.0 Å². The zero-order valence-corrected chi connectivity index (χ0v) is 17.9. The van der Waals surface area contributed by atoms with Gasteiger partial charge < -0.3 is 20.1 Å². The quantitative estimate of drug-likeness (QED) is 0.371. The summed E-state index contributed by atoms with van der Waals surface area (Å²) in [5.74, 6) is 1.69. The molecule has 0 aliphatic heterocycles. The maximum atomic E-state index is 9.45. The second-order valence-corrected chi connectivity index (χ2v) is 5.80. The average molecular weight is 469 g/mol. The molecule has 0 heterocycles. The van der Waals surface area contributed by atoms with Crippen LogP contribution in [-0.4, -0.2) is 36.7 Å². The largest absolute Gasteiger partial charge is 0.497 e. The predicted octanol–water partition coefficient (Wildman–Crippen LogP) is 3.40. The van der Waals surface area contributed by atoms with E-state index in [2.05, 4.69) is 29.3 Å². The number of hydrogen-bond donors (Lipinski definition) is 2. The molecular formula is C20H28IN3O2. The maximum absolute atomic E-state index is 9.45. The number of halogens is 1. The molecule has 0 saturated heterocycles. The summed E-state index contributed by atoms with van der Waals surface area (Å²) in [5, 5.41) is 12.8. The highest BCUT2D eigenvalue weighted by Crippen LogP contribution is 2.13. The summed E-state index contributed by atoms with van der Waals surface area (Å²) in [4.78, 5) is 6.81. The van der Waals surface area contributed by atoms with E-state index in [-0.39, 0.29) is 30.6 Å².